The average Bonchev–Trinajstić information content (AvgIpc) is 3.17. The highest BCUT2D eigenvalue weighted by Gasteiger charge is 2.42. The lowest BCUT2D eigenvalue weighted by atomic mass is 9.67. The topological polar surface area (TPSA) is 224 Å². The lowest BCUT2D eigenvalue weighted by Gasteiger charge is -2.39. The first-order valence-corrected chi connectivity index (χ1v) is 26.9. The summed E-state index contributed by atoms with van der Waals surface area (Å²) in [7, 11) is -19.2. The second kappa shape index (κ2) is 16.5. The SMILES string of the molecule is CC[N+]1=c2cc3c(cc2C(CS(=O)(=O)O)=CC1(C)C)=C(c1c(F)c(F)c(SCCS(=O)(=O)O)c(F)c1F)c1cc2c(cc1C3(C)C)N(Cc1ccc(S(=O)(=O)O)cc1S(=O)(=O)O)CCC2. The van der Waals surface area contributed by atoms with Crippen LogP contribution in [0.3, 0.4) is 0 Å². The summed E-state index contributed by atoms with van der Waals surface area (Å²) >= 11 is 0.133. The molecule has 4 aromatic rings. The van der Waals surface area contributed by atoms with Gasteiger partial charge in [-0.3, -0.25) is 18.2 Å². The fourth-order valence-corrected chi connectivity index (χ4v) is 13.0. The molecule has 0 saturated heterocycles. The van der Waals surface area contributed by atoms with Crippen molar-refractivity contribution in [3.63, 3.8) is 0 Å². The zero-order valence-electron chi connectivity index (χ0n) is 35.3. The minimum Gasteiger partial charge on any atom is -0.367 e. The van der Waals surface area contributed by atoms with E-state index in [4.69, 9.17) is 4.55 Å². The highest BCUT2D eigenvalue weighted by atomic mass is 32.2. The van der Waals surface area contributed by atoms with Gasteiger partial charge in [-0.05, 0) is 94.8 Å². The number of anilines is 1. The molecule has 65 heavy (non-hydrogen) atoms. The van der Waals surface area contributed by atoms with Crippen LogP contribution in [0.25, 0.3) is 11.1 Å². The van der Waals surface area contributed by atoms with Gasteiger partial charge in [-0.2, -0.15) is 33.7 Å². The van der Waals surface area contributed by atoms with E-state index in [-0.39, 0.29) is 57.9 Å². The molecule has 3 aliphatic rings. The van der Waals surface area contributed by atoms with Gasteiger partial charge in [0.1, 0.15) is 17.2 Å². The number of nitrogens with zero attached hydrogens (tertiary/aromatic N) is 2. The van der Waals surface area contributed by atoms with Crippen LogP contribution >= 0.6 is 11.8 Å². The van der Waals surface area contributed by atoms with Crippen molar-refractivity contribution in [3.8, 4) is 0 Å². The molecule has 350 valence electrons. The third-order valence-electron chi connectivity index (χ3n) is 12.0. The molecular formula is C42H43F4N2O12S5+. The first kappa shape index (κ1) is 48.7. The largest absolute Gasteiger partial charge is 0.367 e. The Morgan fingerprint density at radius 3 is 1.98 bits per heavy atom. The number of thioether (sulfide) groups is 1. The molecule has 4 aromatic carbocycles. The van der Waals surface area contributed by atoms with Crippen LogP contribution in [-0.2, 0) is 58.9 Å². The summed E-state index contributed by atoms with van der Waals surface area (Å²) in [6.45, 7) is 9.50. The standard InChI is InChI=1S/C42H42F4N2O12S5/c1-6-48-32-18-30-28(16-26(32)24(19-41(48,2)3)21-63(52,53)54)34(35-36(43)38(45)40(39(46)37(35)44)61-12-13-62(49,50)51)27-14-22-8-7-11-47(31(22)17-29(27)42(30,4)5)20-23-9-10-25(64(55,56)57)15-33(23)65(58,59)60/h9-10,14-19H,6-8,11-13,20-21H2,1-5H3,(H3-,49,50,51,52,53,54,55,56,57,58,59,60)/p+1. The Kier molecular flexibility index (Phi) is 12.4. The van der Waals surface area contributed by atoms with Crippen molar-refractivity contribution in [2.45, 2.75) is 79.6 Å². The maximum Gasteiger partial charge on any atom is 0.294 e. The van der Waals surface area contributed by atoms with Crippen LogP contribution in [0.1, 0.15) is 80.0 Å². The summed E-state index contributed by atoms with van der Waals surface area (Å²) in [6.07, 6.45) is 2.37. The normalized spacial score (nSPS) is 17.0. The monoisotopic (exact) mass is 1000 g/mol. The maximum absolute atomic E-state index is 16.8. The van der Waals surface area contributed by atoms with E-state index in [2.05, 4.69) is 0 Å². The van der Waals surface area contributed by atoms with Crippen LogP contribution in [0, 0.1) is 23.3 Å². The molecule has 2 aliphatic heterocycles. The van der Waals surface area contributed by atoms with Gasteiger partial charge in [-0.1, -0.05) is 19.9 Å². The summed E-state index contributed by atoms with van der Waals surface area (Å²) in [5, 5.41) is 0.536. The van der Waals surface area contributed by atoms with E-state index < -0.39 is 112 Å². The Morgan fingerprint density at radius 1 is 0.769 bits per heavy atom. The highest BCUT2D eigenvalue weighted by Crippen LogP contribution is 2.47. The Bertz CT molecular complexity index is 3350. The third kappa shape index (κ3) is 9.15. The zero-order chi connectivity index (χ0) is 48.1. The first-order valence-electron chi connectivity index (χ1n) is 19.8. The minimum absolute atomic E-state index is 0.0466. The molecule has 0 atom stereocenters. The van der Waals surface area contributed by atoms with E-state index >= 15 is 17.6 Å². The molecule has 1 aliphatic carbocycles. The Hall–Kier alpha value is -4.20. The van der Waals surface area contributed by atoms with E-state index in [0.29, 0.717) is 53.2 Å². The number of likely N-dealkylation sites (N-methyl/N-ethyl adjacent to an activating group) is 1. The highest BCUT2D eigenvalue weighted by molar-refractivity contribution is 8.00. The van der Waals surface area contributed by atoms with Crippen molar-refractivity contribution >= 4 is 69.1 Å². The fourth-order valence-electron chi connectivity index (χ4n) is 9.21. The minimum atomic E-state index is -5.05. The molecule has 0 fully saturated rings. The molecule has 0 unspecified atom stereocenters. The quantitative estimate of drug-likeness (QED) is 0.0475. The molecule has 14 nitrogen and oxygen atoms in total. The molecule has 0 amide bonds. The molecule has 0 radical (unpaired) electrons. The zero-order valence-corrected chi connectivity index (χ0v) is 39.4. The summed E-state index contributed by atoms with van der Waals surface area (Å²) in [6, 6.07) is 9.17. The van der Waals surface area contributed by atoms with Gasteiger partial charge in [0.2, 0.25) is 5.36 Å². The van der Waals surface area contributed by atoms with Crippen LogP contribution in [0.15, 0.2) is 63.2 Å². The van der Waals surface area contributed by atoms with Gasteiger partial charge >= 0.3 is 0 Å². The molecule has 7 rings (SSSR count). The number of fused-ring (bicyclic) bond motifs is 4. The van der Waals surface area contributed by atoms with Crippen molar-refractivity contribution < 1.29 is 69.4 Å². The number of aryl methyl sites for hydroxylation is 1. The van der Waals surface area contributed by atoms with E-state index in [0.717, 1.165) is 12.1 Å². The van der Waals surface area contributed by atoms with Crippen molar-refractivity contribution in [1.82, 2.24) is 4.58 Å². The van der Waals surface area contributed by atoms with Crippen LogP contribution in [0.4, 0.5) is 23.2 Å². The summed E-state index contributed by atoms with van der Waals surface area (Å²) in [5.74, 6) is -9.86. The molecule has 4 N–H and O–H groups in total. The summed E-state index contributed by atoms with van der Waals surface area (Å²) in [4.78, 5) is -1.01. The maximum atomic E-state index is 16.8. The number of hydrogen-bond donors (Lipinski definition) is 4. The lowest BCUT2D eigenvalue weighted by Crippen LogP contribution is -2.51. The molecule has 2 heterocycles. The van der Waals surface area contributed by atoms with E-state index in [1.54, 1.807) is 43.0 Å². The van der Waals surface area contributed by atoms with Gasteiger partial charge < -0.3 is 4.90 Å². The van der Waals surface area contributed by atoms with Crippen LogP contribution in [-0.4, -0.2) is 87.8 Å². The predicted octanol–water partition coefficient (Wildman–Crippen LogP) is 5.13. The number of hydrogen-bond acceptors (Lipinski definition) is 10. The molecule has 0 spiro atoms. The van der Waals surface area contributed by atoms with E-state index in [1.165, 1.54) is 6.07 Å². The fraction of sp³-hybridized carbons (Fsp3) is 0.357. The van der Waals surface area contributed by atoms with Gasteiger partial charge in [0.15, 0.2) is 28.8 Å². The van der Waals surface area contributed by atoms with Crippen molar-refractivity contribution in [2.24, 2.45) is 0 Å². The van der Waals surface area contributed by atoms with Gasteiger partial charge in [0, 0.05) is 55.4 Å². The van der Waals surface area contributed by atoms with E-state index in [1.807, 2.05) is 25.3 Å². The second-order valence-corrected chi connectivity index (χ2v) is 24.0. The van der Waals surface area contributed by atoms with Gasteiger partial charge in [-0.15, -0.1) is 11.8 Å². The Labute approximate surface area is 377 Å². The van der Waals surface area contributed by atoms with Crippen molar-refractivity contribution in [3.05, 3.63) is 121 Å². The summed E-state index contributed by atoms with van der Waals surface area (Å²) < 4.78 is 203. The smallest absolute Gasteiger partial charge is 0.294 e. The Morgan fingerprint density at radius 2 is 1.42 bits per heavy atom. The second-order valence-electron chi connectivity index (χ2n) is 17.1. The summed E-state index contributed by atoms with van der Waals surface area (Å²) in [5.41, 5.74) is -1.21. The van der Waals surface area contributed by atoms with Crippen LogP contribution in [0.5, 0.6) is 0 Å². The van der Waals surface area contributed by atoms with Gasteiger partial charge in [0.05, 0.1) is 26.7 Å². The average molecular weight is 1000 g/mol. The number of rotatable bonds is 12. The predicted molar refractivity (Wildman–Crippen MR) is 235 cm³/mol. The number of benzene rings is 4. The van der Waals surface area contributed by atoms with Crippen molar-refractivity contribution in [2.75, 3.05) is 35.2 Å². The molecule has 0 bridgehead atoms. The first-order chi connectivity index (χ1) is 29.9. The van der Waals surface area contributed by atoms with Gasteiger partial charge in [-0.25, -0.2) is 22.1 Å². The van der Waals surface area contributed by atoms with Gasteiger partial charge in [0.25, 0.3) is 40.5 Å². The van der Waals surface area contributed by atoms with E-state index in [9.17, 15) is 47.3 Å². The van der Waals surface area contributed by atoms with Crippen LogP contribution in [0.2, 0.25) is 0 Å². The van der Waals surface area contributed by atoms with Crippen molar-refractivity contribution in [1.29, 1.82) is 0 Å². The molecule has 0 saturated carbocycles. The lowest BCUT2D eigenvalue weighted by molar-refractivity contribution is 0.401. The third-order valence-corrected chi connectivity index (χ3v) is 16.5. The molecular weight excluding hydrogens is 961 g/mol. The molecule has 0 aromatic heterocycles. The van der Waals surface area contributed by atoms with Crippen LogP contribution < -0.4 is 20.1 Å². The Balaban J connectivity index is 1.56. The molecule has 23 heteroatoms. The number of halogens is 4.